The van der Waals surface area contributed by atoms with Crippen LogP contribution < -0.4 is 5.32 Å². The van der Waals surface area contributed by atoms with Crippen molar-refractivity contribution in [2.24, 2.45) is 11.8 Å². The van der Waals surface area contributed by atoms with E-state index in [4.69, 9.17) is 5.11 Å². The van der Waals surface area contributed by atoms with Crippen molar-refractivity contribution in [2.75, 3.05) is 13.2 Å². The van der Waals surface area contributed by atoms with Crippen LogP contribution >= 0.6 is 0 Å². The highest BCUT2D eigenvalue weighted by Crippen LogP contribution is 2.31. The summed E-state index contributed by atoms with van der Waals surface area (Å²) in [4.78, 5) is 11.4. The van der Waals surface area contributed by atoms with Gasteiger partial charge in [-0.15, -0.1) is 0 Å². The van der Waals surface area contributed by atoms with Crippen LogP contribution in [0.25, 0.3) is 0 Å². The molecule has 15 heavy (non-hydrogen) atoms. The lowest BCUT2D eigenvalue weighted by Crippen LogP contribution is -2.29. The quantitative estimate of drug-likeness (QED) is 0.730. The van der Waals surface area contributed by atoms with Crippen molar-refractivity contribution >= 4 is 5.91 Å². The van der Waals surface area contributed by atoms with Crippen LogP contribution in [0, 0.1) is 11.8 Å². The number of carbonyl (C=O) groups excluding carboxylic acids is 1. The van der Waals surface area contributed by atoms with E-state index in [0.717, 1.165) is 5.92 Å². The van der Waals surface area contributed by atoms with Crippen LogP contribution in [0.3, 0.4) is 0 Å². The Morgan fingerprint density at radius 1 is 1.40 bits per heavy atom. The maximum Gasteiger partial charge on any atom is 0.220 e. The van der Waals surface area contributed by atoms with Gasteiger partial charge in [-0.25, -0.2) is 0 Å². The molecule has 0 aromatic rings. The number of nitrogens with one attached hydrogen (secondary N) is 1. The molecule has 3 heteroatoms. The summed E-state index contributed by atoms with van der Waals surface area (Å²) >= 11 is 0. The van der Waals surface area contributed by atoms with Crippen LogP contribution in [0.2, 0.25) is 0 Å². The van der Waals surface area contributed by atoms with Crippen LogP contribution in [0.1, 0.15) is 45.4 Å². The number of amides is 1. The van der Waals surface area contributed by atoms with E-state index < -0.39 is 0 Å². The summed E-state index contributed by atoms with van der Waals surface area (Å²) in [5, 5.41) is 11.3. The van der Waals surface area contributed by atoms with Crippen LogP contribution in [-0.2, 0) is 4.79 Å². The molecule has 0 saturated heterocycles. The third kappa shape index (κ3) is 4.65. The predicted octanol–water partition coefficient (Wildman–Crippen LogP) is 1.70. The standard InChI is InChI=1S/C12H23NO2/c1-10(9-12(15)13-7-8-14)11-5-3-2-4-6-11/h10-11,14H,2-9H2,1H3,(H,13,15). The van der Waals surface area contributed by atoms with Crippen molar-refractivity contribution in [3.05, 3.63) is 0 Å². The number of aliphatic hydroxyl groups is 1. The van der Waals surface area contributed by atoms with Gasteiger partial charge < -0.3 is 10.4 Å². The Hall–Kier alpha value is -0.570. The number of hydrogen-bond donors (Lipinski definition) is 2. The second kappa shape index (κ2) is 6.83. The Labute approximate surface area is 92.3 Å². The third-order valence-electron chi connectivity index (χ3n) is 3.40. The van der Waals surface area contributed by atoms with Gasteiger partial charge >= 0.3 is 0 Å². The van der Waals surface area contributed by atoms with E-state index in [1.165, 1.54) is 32.1 Å². The molecule has 2 N–H and O–H groups in total. The molecule has 1 aliphatic carbocycles. The summed E-state index contributed by atoms with van der Waals surface area (Å²) < 4.78 is 0. The molecule has 0 aliphatic heterocycles. The molecule has 0 radical (unpaired) electrons. The fraction of sp³-hybridized carbons (Fsp3) is 0.917. The fourth-order valence-electron chi connectivity index (χ4n) is 2.43. The van der Waals surface area contributed by atoms with E-state index in [2.05, 4.69) is 12.2 Å². The van der Waals surface area contributed by atoms with Crippen LogP contribution in [-0.4, -0.2) is 24.2 Å². The van der Waals surface area contributed by atoms with Crippen LogP contribution in [0.4, 0.5) is 0 Å². The highest BCUT2D eigenvalue weighted by atomic mass is 16.3. The predicted molar refractivity (Wildman–Crippen MR) is 60.5 cm³/mol. The monoisotopic (exact) mass is 213 g/mol. The lowest BCUT2D eigenvalue weighted by Gasteiger charge is -2.27. The van der Waals surface area contributed by atoms with Crippen molar-refractivity contribution < 1.29 is 9.90 Å². The van der Waals surface area contributed by atoms with Crippen molar-refractivity contribution in [2.45, 2.75) is 45.4 Å². The van der Waals surface area contributed by atoms with Crippen LogP contribution in [0.15, 0.2) is 0 Å². The molecule has 1 rings (SSSR count). The molecule has 1 aliphatic rings. The first-order valence-corrected chi connectivity index (χ1v) is 6.11. The molecule has 1 amide bonds. The van der Waals surface area contributed by atoms with E-state index in [9.17, 15) is 4.79 Å². The van der Waals surface area contributed by atoms with Gasteiger partial charge in [0.25, 0.3) is 0 Å². The zero-order chi connectivity index (χ0) is 11.1. The Balaban J connectivity index is 2.21. The molecule has 0 aromatic carbocycles. The summed E-state index contributed by atoms with van der Waals surface area (Å²) in [6, 6.07) is 0. The zero-order valence-electron chi connectivity index (χ0n) is 9.67. The molecule has 1 unspecified atom stereocenters. The van der Waals surface area contributed by atoms with Crippen molar-refractivity contribution in [1.29, 1.82) is 0 Å². The number of hydrogen-bond acceptors (Lipinski definition) is 2. The van der Waals surface area contributed by atoms with Gasteiger partial charge in [-0.1, -0.05) is 39.0 Å². The van der Waals surface area contributed by atoms with E-state index >= 15 is 0 Å². The molecular weight excluding hydrogens is 190 g/mol. The lowest BCUT2D eigenvalue weighted by atomic mass is 9.79. The van der Waals surface area contributed by atoms with Crippen molar-refractivity contribution in [3.8, 4) is 0 Å². The second-order valence-electron chi connectivity index (χ2n) is 4.65. The molecule has 0 bridgehead atoms. The minimum absolute atomic E-state index is 0.0313. The van der Waals surface area contributed by atoms with Gasteiger partial charge in [-0.3, -0.25) is 4.79 Å². The number of carbonyl (C=O) groups is 1. The molecule has 0 aromatic heterocycles. The molecule has 0 heterocycles. The first-order chi connectivity index (χ1) is 7.24. The largest absolute Gasteiger partial charge is 0.395 e. The van der Waals surface area contributed by atoms with E-state index in [-0.39, 0.29) is 12.5 Å². The topological polar surface area (TPSA) is 49.3 Å². The molecule has 1 fully saturated rings. The maximum atomic E-state index is 11.4. The van der Waals surface area contributed by atoms with E-state index in [0.29, 0.717) is 18.9 Å². The molecule has 3 nitrogen and oxygen atoms in total. The Morgan fingerprint density at radius 3 is 2.67 bits per heavy atom. The molecule has 1 saturated carbocycles. The Morgan fingerprint density at radius 2 is 2.07 bits per heavy atom. The Bertz CT molecular complexity index is 188. The zero-order valence-corrected chi connectivity index (χ0v) is 9.67. The minimum atomic E-state index is 0.0313. The second-order valence-corrected chi connectivity index (χ2v) is 4.65. The fourth-order valence-corrected chi connectivity index (χ4v) is 2.43. The Kier molecular flexibility index (Phi) is 5.69. The average molecular weight is 213 g/mol. The average Bonchev–Trinajstić information content (AvgIpc) is 2.27. The van der Waals surface area contributed by atoms with Crippen LogP contribution in [0.5, 0.6) is 0 Å². The van der Waals surface area contributed by atoms with Gasteiger partial charge in [0.2, 0.25) is 5.91 Å². The van der Waals surface area contributed by atoms with Crippen molar-refractivity contribution in [3.63, 3.8) is 0 Å². The normalized spacial score (nSPS) is 19.9. The molecular formula is C12H23NO2. The highest BCUT2D eigenvalue weighted by Gasteiger charge is 2.21. The summed E-state index contributed by atoms with van der Waals surface area (Å²) in [7, 11) is 0. The number of rotatable bonds is 5. The SMILES string of the molecule is CC(CC(=O)NCCO)C1CCCCC1. The van der Waals surface area contributed by atoms with Gasteiger partial charge in [0, 0.05) is 13.0 Å². The minimum Gasteiger partial charge on any atom is -0.395 e. The van der Waals surface area contributed by atoms with Gasteiger partial charge in [0.1, 0.15) is 0 Å². The highest BCUT2D eigenvalue weighted by molar-refractivity contribution is 5.76. The summed E-state index contributed by atoms with van der Waals surface area (Å²) in [5.74, 6) is 1.31. The van der Waals surface area contributed by atoms with Crippen molar-refractivity contribution in [1.82, 2.24) is 5.32 Å². The number of aliphatic hydroxyl groups excluding tert-OH is 1. The van der Waals surface area contributed by atoms with E-state index in [1.807, 2.05) is 0 Å². The molecule has 88 valence electrons. The van der Waals surface area contributed by atoms with Gasteiger partial charge in [-0.05, 0) is 11.8 Å². The molecule has 0 spiro atoms. The first-order valence-electron chi connectivity index (χ1n) is 6.11. The lowest BCUT2D eigenvalue weighted by molar-refractivity contribution is -0.122. The van der Waals surface area contributed by atoms with Gasteiger partial charge in [0.15, 0.2) is 0 Å². The summed E-state index contributed by atoms with van der Waals surface area (Å²) in [6.07, 6.45) is 7.20. The van der Waals surface area contributed by atoms with Gasteiger partial charge in [-0.2, -0.15) is 0 Å². The molecule has 1 atom stereocenters. The van der Waals surface area contributed by atoms with Gasteiger partial charge in [0.05, 0.1) is 6.61 Å². The summed E-state index contributed by atoms with van der Waals surface area (Å²) in [5.41, 5.74) is 0. The first kappa shape index (κ1) is 12.5. The maximum absolute atomic E-state index is 11.4. The van der Waals surface area contributed by atoms with E-state index in [1.54, 1.807) is 0 Å². The smallest absolute Gasteiger partial charge is 0.220 e. The third-order valence-corrected chi connectivity index (χ3v) is 3.40. The summed E-state index contributed by atoms with van der Waals surface area (Å²) in [6.45, 7) is 2.59.